The third-order valence-corrected chi connectivity index (χ3v) is 5.85. The lowest BCUT2D eigenvalue weighted by Gasteiger charge is -2.32. The molecule has 0 amide bonds. The van der Waals surface area contributed by atoms with Crippen LogP contribution in [0.1, 0.15) is 19.3 Å². The minimum absolute atomic E-state index is 0.117. The van der Waals surface area contributed by atoms with Crippen LogP contribution in [0.4, 0.5) is 0 Å². The van der Waals surface area contributed by atoms with Crippen molar-refractivity contribution in [1.82, 2.24) is 0 Å². The summed E-state index contributed by atoms with van der Waals surface area (Å²) in [6, 6.07) is 0. The van der Waals surface area contributed by atoms with Gasteiger partial charge in [-0.1, -0.05) is 0 Å². The fourth-order valence-electron chi connectivity index (χ4n) is 1.46. The Labute approximate surface area is 68.1 Å². The lowest BCUT2D eigenvalue weighted by Crippen LogP contribution is -2.42. The Morgan fingerprint density at radius 1 is 1.60 bits per heavy atom. The molecule has 0 aliphatic carbocycles. The van der Waals surface area contributed by atoms with Gasteiger partial charge in [0.25, 0.3) is 0 Å². The van der Waals surface area contributed by atoms with Crippen molar-refractivity contribution >= 4 is 19.8 Å². The molecule has 1 heterocycles. The van der Waals surface area contributed by atoms with Crippen molar-refractivity contribution in [1.29, 1.82) is 0 Å². The zero-order valence-corrected chi connectivity index (χ0v) is 10.1. The third kappa shape index (κ3) is 2.07. The summed E-state index contributed by atoms with van der Waals surface area (Å²) in [4.78, 5) is 0.389. The van der Waals surface area contributed by atoms with Crippen LogP contribution in [-0.4, -0.2) is 31.2 Å². The summed E-state index contributed by atoms with van der Waals surface area (Å²) in [6.45, 7) is 4.81. The van der Waals surface area contributed by atoms with E-state index in [2.05, 4.69) is 12.3 Å². The Kier molecular flexibility index (Phi) is 2.88. The van der Waals surface area contributed by atoms with E-state index in [0.717, 1.165) is 6.61 Å². The molecule has 0 aromatic carbocycles. The average Bonchev–Trinajstić information content (AvgIpc) is 1.89. The Hall–Kier alpha value is 0.134. The Balaban J connectivity index is 2.39. The SMILES string of the molecule is C=C[SiH2]C1([SiH3])CCCCO1. The van der Waals surface area contributed by atoms with Crippen LogP contribution < -0.4 is 0 Å². The number of ether oxygens (including phenoxy) is 1. The van der Waals surface area contributed by atoms with Crippen LogP contribution in [0.3, 0.4) is 0 Å². The maximum Gasteiger partial charge on any atom is 0.0773 e. The fraction of sp³-hybridized carbons (Fsp3) is 0.714. The molecule has 1 unspecified atom stereocenters. The highest BCUT2D eigenvalue weighted by atomic mass is 28.2. The lowest BCUT2D eigenvalue weighted by atomic mass is 10.2. The summed E-state index contributed by atoms with van der Waals surface area (Å²) in [5.41, 5.74) is 2.12. The van der Waals surface area contributed by atoms with E-state index in [0.29, 0.717) is 4.85 Å². The first-order valence-corrected chi connectivity index (χ1v) is 6.54. The van der Waals surface area contributed by atoms with Crippen molar-refractivity contribution in [2.24, 2.45) is 0 Å². The number of hydrogen-bond acceptors (Lipinski definition) is 1. The van der Waals surface area contributed by atoms with E-state index in [1.807, 2.05) is 0 Å². The summed E-state index contributed by atoms with van der Waals surface area (Å²) in [6.07, 6.45) is 3.97. The first-order chi connectivity index (χ1) is 4.77. The smallest absolute Gasteiger partial charge is 0.0773 e. The van der Waals surface area contributed by atoms with Crippen LogP contribution >= 0.6 is 0 Å². The Bertz CT molecular complexity index is 119. The number of hydrogen-bond donors (Lipinski definition) is 0. The van der Waals surface area contributed by atoms with Crippen molar-refractivity contribution < 1.29 is 4.74 Å². The first-order valence-electron chi connectivity index (χ1n) is 4.02. The molecule has 1 rings (SSSR count). The highest BCUT2D eigenvalue weighted by Gasteiger charge is 2.25. The van der Waals surface area contributed by atoms with Crippen molar-refractivity contribution in [3.8, 4) is 0 Å². The van der Waals surface area contributed by atoms with Crippen molar-refractivity contribution in [3.63, 3.8) is 0 Å². The summed E-state index contributed by atoms with van der Waals surface area (Å²) in [7, 11) is 1.09. The van der Waals surface area contributed by atoms with E-state index in [-0.39, 0.29) is 9.52 Å². The minimum atomic E-state index is -0.117. The standard InChI is InChI=1S/C7H16OSi2/c1-2-10-7(9)5-3-4-6-8-7/h2H,1,3-6,10H2,9H3. The summed E-state index contributed by atoms with van der Waals surface area (Å²) in [5.74, 6) is 0. The van der Waals surface area contributed by atoms with Gasteiger partial charge in [-0.05, 0) is 19.3 Å². The van der Waals surface area contributed by atoms with Gasteiger partial charge < -0.3 is 4.74 Å². The highest BCUT2D eigenvalue weighted by Crippen LogP contribution is 2.20. The molecule has 1 saturated heterocycles. The topological polar surface area (TPSA) is 9.23 Å². The largest absolute Gasteiger partial charge is 0.383 e. The molecule has 0 radical (unpaired) electrons. The van der Waals surface area contributed by atoms with Crippen LogP contribution in [0.25, 0.3) is 0 Å². The fourth-order valence-corrected chi connectivity index (χ4v) is 4.21. The summed E-state index contributed by atoms with van der Waals surface area (Å²) >= 11 is 0. The third-order valence-electron chi connectivity index (χ3n) is 2.13. The van der Waals surface area contributed by atoms with E-state index in [1.165, 1.54) is 29.5 Å². The average molecular weight is 172 g/mol. The Morgan fingerprint density at radius 2 is 2.40 bits per heavy atom. The molecule has 0 spiro atoms. The molecule has 0 bridgehead atoms. The second kappa shape index (κ2) is 3.50. The second-order valence-electron chi connectivity index (χ2n) is 3.25. The van der Waals surface area contributed by atoms with Gasteiger partial charge in [0.15, 0.2) is 0 Å². The molecule has 1 atom stereocenters. The first kappa shape index (κ1) is 8.23. The Morgan fingerprint density at radius 3 is 2.90 bits per heavy atom. The van der Waals surface area contributed by atoms with Crippen molar-refractivity contribution in [3.05, 3.63) is 12.3 Å². The molecule has 0 aromatic heterocycles. The molecule has 0 saturated carbocycles. The van der Waals surface area contributed by atoms with Gasteiger partial charge in [-0.3, -0.25) is 0 Å². The predicted molar refractivity (Wildman–Crippen MR) is 51.2 cm³/mol. The molecule has 0 aromatic rings. The van der Waals surface area contributed by atoms with Crippen LogP contribution in [-0.2, 0) is 4.74 Å². The molecule has 1 aliphatic rings. The van der Waals surface area contributed by atoms with E-state index in [4.69, 9.17) is 4.74 Å². The monoisotopic (exact) mass is 172 g/mol. The molecular formula is C7H16OSi2. The van der Waals surface area contributed by atoms with Gasteiger partial charge in [-0.25, -0.2) is 0 Å². The predicted octanol–water partition coefficient (Wildman–Crippen LogP) is -0.482. The van der Waals surface area contributed by atoms with Gasteiger partial charge in [0, 0.05) is 21.7 Å². The van der Waals surface area contributed by atoms with Gasteiger partial charge in [0.05, 0.1) is 9.52 Å². The van der Waals surface area contributed by atoms with Gasteiger partial charge in [-0.2, -0.15) is 0 Å². The molecule has 1 nitrogen and oxygen atoms in total. The second-order valence-corrected chi connectivity index (χ2v) is 8.97. The number of rotatable bonds is 2. The maximum absolute atomic E-state index is 5.76. The van der Waals surface area contributed by atoms with Crippen LogP contribution in [0.2, 0.25) is 0 Å². The normalized spacial score (nSPS) is 35.2. The van der Waals surface area contributed by atoms with E-state index >= 15 is 0 Å². The lowest BCUT2D eigenvalue weighted by molar-refractivity contribution is 0.0366. The maximum atomic E-state index is 5.76. The molecular weight excluding hydrogens is 156 g/mol. The highest BCUT2D eigenvalue weighted by molar-refractivity contribution is 6.57. The molecule has 1 fully saturated rings. The molecule has 10 heavy (non-hydrogen) atoms. The van der Waals surface area contributed by atoms with Crippen molar-refractivity contribution in [2.75, 3.05) is 6.61 Å². The zero-order valence-electron chi connectivity index (χ0n) is 6.73. The van der Waals surface area contributed by atoms with Crippen LogP contribution in [0.15, 0.2) is 12.3 Å². The molecule has 0 N–H and O–H groups in total. The van der Waals surface area contributed by atoms with Gasteiger partial charge >= 0.3 is 0 Å². The summed E-state index contributed by atoms with van der Waals surface area (Å²) < 4.78 is 5.76. The minimum Gasteiger partial charge on any atom is -0.383 e. The molecule has 58 valence electrons. The van der Waals surface area contributed by atoms with Gasteiger partial charge in [-0.15, -0.1) is 12.3 Å². The van der Waals surface area contributed by atoms with Gasteiger partial charge in [0.1, 0.15) is 0 Å². The van der Waals surface area contributed by atoms with E-state index < -0.39 is 0 Å². The molecule has 1 aliphatic heterocycles. The quantitative estimate of drug-likeness (QED) is 0.511. The zero-order chi connectivity index (χ0) is 7.45. The van der Waals surface area contributed by atoms with Crippen LogP contribution in [0, 0.1) is 0 Å². The van der Waals surface area contributed by atoms with Gasteiger partial charge in [0.2, 0.25) is 0 Å². The van der Waals surface area contributed by atoms with Crippen LogP contribution in [0.5, 0.6) is 0 Å². The summed E-state index contributed by atoms with van der Waals surface area (Å²) in [5, 5.41) is 0. The van der Waals surface area contributed by atoms with E-state index in [1.54, 1.807) is 0 Å². The van der Waals surface area contributed by atoms with E-state index in [9.17, 15) is 0 Å². The van der Waals surface area contributed by atoms with Crippen molar-refractivity contribution in [2.45, 2.75) is 24.1 Å². The molecule has 3 heteroatoms.